The molecule has 0 saturated heterocycles. The van der Waals surface area contributed by atoms with E-state index < -0.39 is 52.0 Å². The van der Waals surface area contributed by atoms with Crippen molar-refractivity contribution in [2.24, 2.45) is 23.7 Å². The largest absolute Gasteiger partial charge is 0.369 e. The molecule has 93 heavy (non-hydrogen) atoms. The van der Waals surface area contributed by atoms with E-state index in [1.807, 2.05) is 34.6 Å². The first-order valence-electron chi connectivity index (χ1n) is 32.6. The summed E-state index contributed by atoms with van der Waals surface area (Å²) in [4.78, 5) is 107. The quantitative estimate of drug-likeness (QED) is 0.0381. The fourth-order valence-corrected chi connectivity index (χ4v) is 12.9. The van der Waals surface area contributed by atoms with E-state index >= 15 is 0 Å². The Bertz CT molecular complexity index is 3600. The number of alkyl halides is 6. The van der Waals surface area contributed by atoms with E-state index in [1.165, 1.54) is 54.9 Å². The van der Waals surface area contributed by atoms with Crippen LogP contribution in [-0.2, 0) is 0 Å². The van der Waals surface area contributed by atoms with Gasteiger partial charge >= 0.3 is 22.8 Å². The van der Waals surface area contributed by atoms with Crippen LogP contribution < -0.4 is 66.3 Å². The fraction of sp³-hybridized carbons (Fsp3) is 0.662. The van der Waals surface area contributed by atoms with E-state index in [4.69, 9.17) is 0 Å². The summed E-state index contributed by atoms with van der Waals surface area (Å²) in [7, 11) is 0. The molecule has 9 rings (SSSR count). The molecule has 4 atom stereocenters. The lowest BCUT2D eigenvalue weighted by Gasteiger charge is -2.32. The van der Waals surface area contributed by atoms with Crippen molar-refractivity contribution in [3.63, 3.8) is 0 Å². The van der Waals surface area contributed by atoms with Crippen molar-refractivity contribution in [3.05, 3.63) is 137 Å². The maximum absolute atomic E-state index is 13.4. The van der Waals surface area contributed by atoms with Crippen LogP contribution in [0.1, 0.15) is 209 Å². The Hall–Kier alpha value is -7.42. The van der Waals surface area contributed by atoms with Gasteiger partial charge < -0.3 is 21.3 Å². The predicted molar refractivity (Wildman–Crippen MR) is 347 cm³/mol. The van der Waals surface area contributed by atoms with E-state index in [-0.39, 0.29) is 132 Å². The molecule has 4 aliphatic rings. The number of aromatic amines is 4. The molecule has 0 spiro atoms. The first kappa shape index (κ1) is 74.6. The predicted octanol–water partition coefficient (Wildman–Crippen LogP) is 12.2. The van der Waals surface area contributed by atoms with Crippen LogP contribution in [0, 0.1) is 35.3 Å². The van der Waals surface area contributed by atoms with Crippen LogP contribution in [0.5, 0.6) is 0 Å². The second kappa shape index (κ2) is 32.6. The van der Waals surface area contributed by atoms with Crippen LogP contribution in [0.3, 0.4) is 0 Å². The topological polar surface area (TPSA) is 268 Å². The van der Waals surface area contributed by atoms with E-state index in [0.717, 1.165) is 33.8 Å². The first-order chi connectivity index (χ1) is 43.5. The summed E-state index contributed by atoms with van der Waals surface area (Å²) in [5.74, 6) is -6.92. The summed E-state index contributed by atoms with van der Waals surface area (Å²) in [5, 5.41) is 12.5. The van der Waals surface area contributed by atoms with Gasteiger partial charge in [0.15, 0.2) is 0 Å². The van der Waals surface area contributed by atoms with E-state index in [9.17, 15) is 73.5 Å². The third-order valence-corrected chi connectivity index (χ3v) is 17.9. The van der Waals surface area contributed by atoms with E-state index in [0.29, 0.717) is 79.0 Å². The molecule has 4 aromatic heterocycles. The Kier molecular flexibility index (Phi) is 26.2. The first-order valence-corrected chi connectivity index (χ1v) is 32.6. The van der Waals surface area contributed by atoms with E-state index in [1.54, 1.807) is 27.7 Å². The minimum absolute atomic E-state index is 0.00308. The van der Waals surface area contributed by atoms with Crippen molar-refractivity contribution in [3.8, 4) is 5.69 Å². The van der Waals surface area contributed by atoms with Crippen molar-refractivity contribution >= 4 is 23.3 Å². The Morgan fingerprint density at radius 1 is 0.398 bits per heavy atom. The Balaban J connectivity index is 0.000000198. The highest BCUT2D eigenvalue weighted by molar-refractivity contribution is 5.39. The van der Waals surface area contributed by atoms with E-state index in [2.05, 4.69) is 48.1 Å². The third-order valence-electron chi connectivity index (χ3n) is 17.9. The summed E-state index contributed by atoms with van der Waals surface area (Å²) in [6.45, 7) is 18.5. The van der Waals surface area contributed by atoms with Gasteiger partial charge in [-0.1, -0.05) is 19.3 Å². The SMILES string of the molecule is CC(C)n1c(=O)cc(N[C@@H](C)C2CCC(F)(F)CC2)[nH]c1=O.CC(C)n1c(=O)cc(N[C@@H](C)C2CCCCC2)[nH]c1=O.CC(C)n1c(=O)cc(N[C@@H](C)CC2CCC(F)(F)CC2)[nH]c1=O.C[C@@H](CC1CCC(F)(F)CC1)Nc1cc(=O)n(-c2cc(F)cc(F)c2)c(=O)[nH]1. The molecule has 0 unspecified atom stereocenters. The van der Waals surface area contributed by atoms with Gasteiger partial charge in [-0.05, 0) is 169 Å². The zero-order chi connectivity index (χ0) is 68.9. The third kappa shape index (κ3) is 22.4. The maximum Gasteiger partial charge on any atom is 0.334 e. The minimum Gasteiger partial charge on any atom is -0.369 e. The normalized spacial score (nSPS) is 19.0. The summed E-state index contributed by atoms with van der Waals surface area (Å²) in [5.41, 5.74) is -4.03. The number of H-pyrrole nitrogens is 4. The standard InChI is InChI=1S/C19H21F4N3O2.C16H25F2N3O2.C15H23F2N3O2.C15H25N3O2/c1-11(6-12-2-4-19(22,23)5-3-12)24-16-10-17(27)26(18(28)25-16)15-8-13(20)7-14(21)9-15;1-10(2)21-14(22)9-13(20-15(21)23)19-11(3)8-12-4-6-16(17,18)7-5-12;1-9(2)20-13(21)8-12(19-14(20)22)18-10(3)11-4-6-15(16,17)7-5-11;1-10(2)18-14(19)9-13(17-15(18)20)16-11(3)12-7-5-4-6-8-12/h7-12,24H,2-6H2,1H3,(H,25,28);9-12,19H,4-8H2,1-3H3,(H,20,23);8-11,18H,4-7H2,1-3H3,(H,19,22);9-12,16H,4-8H2,1-3H3,(H,17,20)/t2*11-;10-;11-/m0000/s1. The van der Waals surface area contributed by atoms with Gasteiger partial charge in [-0.2, -0.15) is 0 Å². The van der Waals surface area contributed by atoms with Crippen molar-refractivity contribution in [2.45, 2.75) is 251 Å². The highest BCUT2D eigenvalue weighted by Crippen LogP contribution is 2.40. The molecule has 4 aliphatic carbocycles. The van der Waals surface area contributed by atoms with Crippen LogP contribution >= 0.6 is 0 Å². The molecule has 20 nitrogen and oxygen atoms in total. The smallest absolute Gasteiger partial charge is 0.334 e. The lowest BCUT2D eigenvalue weighted by atomic mass is 9.82. The molecule has 5 aromatic rings. The number of nitrogens with one attached hydrogen (secondary N) is 8. The molecule has 4 saturated carbocycles. The molecular formula is C65H94F8N12O8. The lowest BCUT2D eigenvalue weighted by molar-refractivity contribution is -0.0474. The zero-order valence-electron chi connectivity index (χ0n) is 54.9. The molecule has 0 bridgehead atoms. The molecule has 4 heterocycles. The van der Waals surface area contributed by atoms with Crippen molar-refractivity contribution in [1.29, 1.82) is 0 Å². The van der Waals surface area contributed by atoms with Crippen LogP contribution in [-0.4, -0.2) is 80.1 Å². The number of benzene rings is 1. The van der Waals surface area contributed by atoms with Crippen LogP contribution in [0.25, 0.3) is 5.69 Å². The zero-order valence-corrected chi connectivity index (χ0v) is 54.9. The monoisotopic (exact) mass is 1320 g/mol. The summed E-state index contributed by atoms with van der Waals surface area (Å²) < 4.78 is 110. The maximum atomic E-state index is 13.4. The van der Waals surface area contributed by atoms with Crippen molar-refractivity contribution < 1.29 is 35.1 Å². The molecule has 0 amide bonds. The van der Waals surface area contributed by atoms with Gasteiger partial charge in [0.2, 0.25) is 17.8 Å². The van der Waals surface area contributed by atoms with Crippen LogP contribution in [0.4, 0.5) is 58.4 Å². The van der Waals surface area contributed by atoms with Gasteiger partial charge in [0.05, 0.1) is 5.69 Å². The second-order valence-electron chi connectivity index (χ2n) is 26.8. The number of hydrogen-bond donors (Lipinski definition) is 8. The number of anilines is 4. The van der Waals surface area contributed by atoms with Crippen LogP contribution in [0.2, 0.25) is 0 Å². The molecule has 0 radical (unpaired) electrons. The minimum atomic E-state index is -2.58. The number of halogens is 8. The molecule has 28 heteroatoms. The lowest BCUT2D eigenvalue weighted by Crippen LogP contribution is -2.38. The number of aromatic nitrogens is 8. The Morgan fingerprint density at radius 2 is 0.699 bits per heavy atom. The molecule has 0 aliphatic heterocycles. The highest BCUT2D eigenvalue weighted by Gasteiger charge is 2.38. The summed E-state index contributed by atoms with van der Waals surface area (Å²) >= 11 is 0. The van der Waals surface area contributed by atoms with Crippen molar-refractivity contribution in [1.82, 2.24) is 38.2 Å². The summed E-state index contributed by atoms with van der Waals surface area (Å²) in [6.07, 6.45) is 9.92. The Morgan fingerprint density at radius 3 is 1.02 bits per heavy atom. The molecular weight excluding hydrogens is 1230 g/mol. The Labute approximate surface area is 534 Å². The number of hydrogen-bond acceptors (Lipinski definition) is 12. The molecule has 518 valence electrons. The van der Waals surface area contributed by atoms with Gasteiger partial charge in [0.25, 0.3) is 22.2 Å². The average Bonchev–Trinajstić information content (AvgIpc) is 0.851. The fourth-order valence-electron chi connectivity index (χ4n) is 12.9. The molecule has 1 aromatic carbocycles. The summed E-state index contributed by atoms with van der Waals surface area (Å²) in [6, 6.07) is 7.20. The van der Waals surface area contributed by atoms with Gasteiger partial charge in [-0.25, -0.2) is 58.9 Å². The highest BCUT2D eigenvalue weighted by atomic mass is 19.3. The van der Waals surface area contributed by atoms with Gasteiger partial charge in [-0.3, -0.25) is 52.8 Å². The number of rotatable bonds is 18. The molecule has 4 fully saturated rings. The van der Waals surface area contributed by atoms with Gasteiger partial charge in [0, 0.05) is 111 Å². The van der Waals surface area contributed by atoms with Gasteiger partial charge in [-0.15, -0.1) is 0 Å². The van der Waals surface area contributed by atoms with Gasteiger partial charge in [0.1, 0.15) is 34.9 Å². The molecule has 8 N–H and O–H groups in total. The van der Waals surface area contributed by atoms with Crippen LogP contribution in [0.15, 0.2) is 80.8 Å². The average molecular weight is 1320 g/mol. The number of nitrogens with zero attached hydrogens (tertiary/aromatic N) is 4. The second-order valence-corrected chi connectivity index (χ2v) is 26.8. The van der Waals surface area contributed by atoms with Crippen molar-refractivity contribution in [2.75, 3.05) is 21.3 Å².